The summed E-state index contributed by atoms with van der Waals surface area (Å²) >= 11 is 0. The quantitative estimate of drug-likeness (QED) is 0.761. The molecule has 0 aliphatic carbocycles. The van der Waals surface area contributed by atoms with Crippen LogP contribution in [0, 0.1) is 6.92 Å². The Morgan fingerprint density at radius 1 is 1.50 bits per heavy atom. The maximum Gasteiger partial charge on any atom is 0.122 e. The van der Waals surface area contributed by atoms with E-state index in [0.29, 0.717) is 0 Å². The number of hydrogen-bond acceptors (Lipinski definition) is 3. The second kappa shape index (κ2) is 3.98. The molecule has 0 spiro atoms. The summed E-state index contributed by atoms with van der Waals surface area (Å²) in [6.07, 6.45) is 0. The fraction of sp³-hybridized carbons (Fsp3) is 0.455. The zero-order chi connectivity index (χ0) is 10.8. The van der Waals surface area contributed by atoms with Gasteiger partial charge in [-0.1, -0.05) is 12.1 Å². The van der Waals surface area contributed by atoms with Crippen molar-refractivity contribution in [3.05, 3.63) is 29.3 Å². The number of hydrogen-bond donors (Lipinski definition) is 2. The smallest absolute Gasteiger partial charge is 0.122 e. The van der Waals surface area contributed by atoms with E-state index in [-0.39, 0.29) is 6.61 Å². The largest absolute Gasteiger partial charge is 0.496 e. The fourth-order valence-corrected chi connectivity index (χ4v) is 1.54. The van der Waals surface area contributed by atoms with Gasteiger partial charge in [-0.2, -0.15) is 0 Å². The molecule has 14 heavy (non-hydrogen) atoms. The van der Waals surface area contributed by atoms with Gasteiger partial charge in [-0.25, -0.2) is 0 Å². The highest BCUT2D eigenvalue weighted by Gasteiger charge is 2.23. The van der Waals surface area contributed by atoms with Crippen LogP contribution in [0.1, 0.15) is 18.1 Å². The summed E-state index contributed by atoms with van der Waals surface area (Å²) in [6.45, 7) is 3.66. The standard InChI is InChI=1S/C11H17NO2/c1-8-9(11(2,12)7-13)5-4-6-10(8)14-3/h4-6,13H,7,12H2,1-3H3/t11-/m0/s1. The Morgan fingerprint density at radius 2 is 2.14 bits per heavy atom. The van der Waals surface area contributed by atoms with E-state index in [9.17, 15) is 0 Å². The molecule has 3 heteroatoms. The van der Waals surface area contributed by atoms with Crippen molar-refractivity contribution in [3.63, 3.8) is 0 Å². The normalized spacial score (nSPS) is 14.9. The van der Waals surface area contributed by atoms with Gasteiger partial charge in [0.1, 0.15) is 5.75 Å². The fourth-order valence-electron chi connectivity index (χ4n) is 1.54. The Bertz CT molecular complexity index is 321. The van der Waals surface area contributed by atoms with Gasteiger partial charge in [0.15, 0.2) is 0 Å². The van der Waals surface area contributed by atoms with E-state index < -0.39 is 5.54 Å². The van der Waals surface area contributed by atoms with Gasteiger partial charge in [0.2, 0.25) is 0 Å². The van der Waals surface area contributed by atoms with Crippen molar-refractivity contribution in [1.82, 2.24) is 0 Å². The van der Waals surface area contributed by atoms with Crippen LogP contribution in [0.4, 0.5) is 0 Å². The Labute approximate surface area is 84.5 Å². The third kappa shape index (κ3) is 1.89. The first-order chi connectivity index (χ1) is 6.53. The maximum atomic E-state index is 9.17. The van der Waals surface area contributed by atoms with Crippen LogP contribution in [0.15, 0.2) is 18.2 Å². The van der Waals surface area contributed by atoms with E-state index in [4.69, 9.17) is 15.6 Å². The summed E-state index contributed by atoms with van der Waals surface area (Å²) in [5.41, 5.74) is 7.14. The molecule has 1 atom stereocenters. The average Bonchev–Trinajstić information content (AvgIpc) is 2.18. The van der Waals surface area contributed by atoms with Gasteiger partial charge in [-0.15, -0.1) is 0 Å². The van der Waals surface area contributed by atoms with Gasteiger partial charge in [0.25, 0.3) is 0 Å². The van der Waals surface area contributed by atoms with Gasteiger partial charge in [0, 0.05) is 0 Å². The van der Waals surface area contributed by atoms with Crippen molar-refractivity contribution in [1.29, 1.82) is 0 Å². The lowest BCUT2D eigenvalue weighted by atomic mass is 9.90. The summed E-state index contributed by atoms with van der Waals surface area (Å²) in [4.78, 5) is 0. The van der Waals surface area contributed by atoms with Crippen LogP contribution >= 0.6 is 0 Å². The molecule has 0 aliphatic rings. The Kier molecular flexibility index (Phi) is 3.13. The number of aliphatic hydroxyl groups is 1. The predicted octanol–water partition coefficient (Wildman–Crippen LogP) is 1.17. The molecule has 0 radical (unpaired) electrons. The molecule has 0 saturated heterocycles. The minimum atomic E-state index is -0.710. The molecule has 1 rings (SSSR count). The van der Waals surface area contributed by atoms with E-state index in [0.717, 1.165) is 16.9 Å². The Balaban J connectivity index is 3.22. The van der Waals surface area contributed by atoms with E-state index in [1.165, 1.54) is 0 Å². The van der Waals surface area contributed by atoms with Crippen molar-refractivity contribution >= 4 is 0 Å². The first-order valence-electron chi connectivity index (χ1n) is 4.56. The number of ether oxygens (including phenoxy) is 1. The zero-order valence-electron chi connectivity index (χ0n) is 8.87. The lowest BCUT2D eigenvalue weighted by molar-refractivity contribution is 0.209. The lowest BCUT2D eigenvalue weighted by Crippen LogP contribution is -2.37. The molecule has 0 amide bonds. The van der Waals surface area contributed by atoms with Gasteiger partial charge in [-0.05, 0) is 31.0 Å². The predicted molar refractivity (Wildman–Crippen MR) is 56.4 cm³/mol. The number of aliphatic hydroxyl groups excluding tert-OH is 1. The molecule has 1 aromatic carbocycles. The molecule has 0 fully saturated rings. The van der Waals surface area contributed by atoms with Crippen LogP contribution in [0.3, 0.4) is 0 Å². The summed E-state index contributed by atoms with van der Waals surface area (Å²) in [7, 11) is 1.62. The molecule has 0 saturated carbocycles. The van der Waals surface area contributed by atoms with Crippen LogP contribution in [-0.4, -0.2) is 18.8 Å². The molecule has 3 nitrogen and oxygen atoms in total. The highest BCUT2D eigenvalue weighted by molar-refractivity contribution is 5.42. The van der Waals surface area contributed by atoms with Crippen LogP contribution in [-0.2, 0) is 5.54 Å². The molecule has 78 valence electrons. The first-order valence-corrected chi connectivity index (χ1v) is 4.56. The van der Waals surface area contributed by atoms with Gasteiger partial charge >= 0.3 is 0 Å². The molecule has 0 heterocycles. The summed E-state index contributed by atoms with van der Waals surface area (Å²) in [5, 5.41) is 9.17. The van der Waals surface area contributed by atoms with Crippen LogP contribution in [0.2, 0.25) is 0 Å². The topological polar surface area (TPSA) is 55.5 Å². The number of methoxy groups -OCH3 is 1. The molecule has 0 bridgehead atoms. The average molecular weight is 195 g/mol. The Hall–Kier alpha value is -1.06. The number of benzene rings is 1. The van der Waals surface area contributed by atoms with Crippen molar-refractivity contribution in [2.75, 3.05) is 13.7 Å². The number of nitrogens with two attached hydrogens (primary N) is 1. The highest BCUT2D eigenvalue weighted by atomic mass is 16.5. The molecule has 0 unspecified atom stereocenters. The van der Waals surface area contributed by atoms with E-state index >= 15 is 0 Å². The van der Waals surface area contributed by atoms with E-state index in [2.05, 4.69) is 0 Å². The SMILES string of the molecule is COc1cccc([C@@](C)(N)CO)c1C. The van der Waals surface area contributed by atoms with Crippen LogP contribution in [0.25, 0.3) is 0 Å². The van der Waals surface area contributed by atoms with Crippen molar-refractivity contribution in [3.8, 4) is 5.75 Å². The third-order valence-corrected chi connectivity index (χ3v) is 2.45. The van der Waals surface area contributed by atoms with E-state index in [1.807, 2.05) is 25.1 Å². The highest BCUT2D eigenvalue weighted by Crippen LogP contribution is 2.27. The molecule has 1 aromatic rings. The zero-order valence-corrected chi connectivity index (χ0v) is 8.87. The van der Waals surface area contributed by atoms with Crippen LogP contribution in [0.5, 0.6) is 5.75 Å². The molecule has 0 aromatic heterocycles. The summed E-state index contributed by atoms with van der Waals surface area (Å²) in [5.74, 6) is 0.799. The minimum Gasteiger partial charge on any atom is -0.496 e. The molecular formula is C11H17NO2. The number of rotatable bonds is 3. The van der Waals surface area contributed by atoms with Gasteiger partial charge < -0.3 is 15.6 Å². The van der Waals surface area contributed by atoms with Crippen molar-refractivity contribution < 1.29 is 9.84 Å². The second-order valence-electron chi connectivity index (χ2n) is 3.71. The van der Waals surface area contributed by atoms with Crippen molar-refractivity contribution in [2.45, 2.75) is 19.4 Å². The van der Waals surface area contributed by atoms with Gasteiger partial charge in [0.05, 0.1) is 19.3 Å². The summed E-state index contributed by atoms with van der Waals surface area (Å²) < 4.78 is 5.19. The van der Waals surface area contributed by atoms with Crippen LogP contribution < -0.4 is 10.5 Å². The van der Waals surface area contributed by atoms with E-state index in [1.54, 1.807) is 14.0 Å². The lowest BCUT2D eigenvalue weighted by Gasteiger charge is -2.25. The second-order valence-corrected chi connectivity index (χ2v) is 3.71. The maximum absolute atomic E-state index is 9.17. The molecule has 3 N–H and O–H groups in total. The van der Waals surface area contributed by atoms with Crippen molar-refractivity contribution in [2.24, 2.45) is 5.73 Å². The monoisotopic (exact) mass is 195 g/mol. The summed E-state index contributed by atoms with van der Waals surface area (Å²) in [6, 6.07) is 5.67. The van der Waals surface area contributed by atoms with Gasteiger partial charge in [-0.3, -0.25) is 0 Å². The Morgan fingerprint density at radius 3 is 2.64 bits per heavy atom. The molecule has 0 aliphatic heterocycles. The first kappa shape index (κ1) is 11.0. The minimum absolute atomic E-state index is 0.0823. The molecular weight excluding hydrogens is 178 g/mol. The third-order valence-electron chi connectivity index (χ3n) is 2.45.